The van der Waals surface area contributed by atoms with Crippen LogP contribution < -0.4 is 10.1 Å². The van der Waals surface area contributed by atoms with Crippen molar-refractivity contribution in [2.45, 2.75) is 12.2 Å². The Bertz CT molecular complexity index is 864. The molecule has 0 radical (unpaired) electrons. The van der Waals surface area contributed by atoms with Crippen LogP contribution in [0.15, 0.2) is 42.5 Å². The minimum Gasteiger partial charge on any atom is -0.495 e. The first kappa shape index (κ1) is 17.6. The molecule has 7 heteroatoms. The molecule has 0 unspecified atom stereocenters. The van der Waals surface area contributed by atoms with Crippen molar-refractivity contribution in [2.75, 3.05) is 18.2 Å². The first-order valence-corrected chi connectivity index (χ1v) is 9.19. The van der Waals surface area contributed by atoms with E-state index in [1.807, 2.05) is 31.2 Å². The second-order valence-corrected chi connectivity index (χ2v) is 7.25. The molecule has 130 valence electrons. The maximum Gasteiger partial charge on any atom is 0.234 e. The zero-order valence-electron chi connectivity index (χ0n) is 13.9. The summed E-state index contributed by atoms with van der Waals surface area (Å²) in [7, 11) is 1.55. The van der Waals surface area contributed by atoms with Crippen molar-refractivity contribution < 1.29 is 9.53 Å². The first-order valence-electron chi connectivity index (χ1n) is 7.76. The normalized spacial score (nSPS) is 12.1. The van der Waals surface area contributed by atoms with Gasteiger partial charge in [-0.3, -0.25) is 4.79 Å². The molecule has 3 rings (SSSR count). The Hall–Kier alpha value is -2.18. The van der Waals surface area contributed by atoms with Gasteiger partial charge in [-0.05, 0) is 37.3 Å². The topological polar surface area (TPSA) is 67.0 Å². The Morgan fingerprint density at radius 3 is 2.92 bits per heavy atom. The molecule has 1 atom stereocenters. The zero-order chi connectivity index (χ0) is 17.8. The van der Waals surface area contributed by atoms with Gasteiger partial charge in [0.2, 0.25) is 5.91 Å². The van der Waals surface area contributed by atoms with Crippen molar-refractivity contribution in [2.24, 2.45) is 0 Å². The number of anilines is 1. The number of H-pyrrole nitrogens is 1. The second kappa shape index (κ2) is 7.80. The van der Waals surface area contributed by atoms with Crippen LogP contribution in [0.2, 0.25) is 5.02 Å². The van der Waals surface area contributed by atoms with Gasteiger partial charge < -0.3 is 15.0 Å². The van der Waals surface area contributed by atoms with Crippen molar-refractivity contribution in [3.8, 4) is 5.75 Å². The number of nitrogens with zero attached hydrogens (tertiary/aromatic N) is 1. The van der Waals surface area contributed by atoms with E-state index in [0.29, 0.717) is 22.2 Å². The Morgan fingerprint density at radius 1 is 1.36 bits per heavy atom. The Morgan fingerprint density at radius 2 is 2.16 bits per heavy atom. The molecule has 3 aromatic rings. The lowest BCUT2D eigenvalue weighted by atomic mass is 10.3. The van der Waals surface area contributed by atoms with E-state index in [9.17, 15) is 4.79 Å². The van der Waals surface area contributed by atoms with Crippen LogP contribution in [0.3, 0.4) is 0 Å². The summed E-state index contributed by atoms with van der Waals surface area (Å²) in [6, 6.07) is 13.0. The van der Waals surface area contributed by atoms with E-state index in [1.54, 1.807) is 25.3 Å². The SMILES string of the molecule is COc1ccc(Cl)cc1NC(=O)CS[C@@H](C)c1nc2ccccc2[nH]1. The van der Waals surface area contributed by atoms with E-state index in [-0.39, 0.29) is 11.2 Å². The number of amides is 1. The summed E-state index contributed by atoms with van der Waals surface area (Å²) >= 11 is 7.49. The van der Waals surface area contributed by atoms with Crippen molar-refractivity contribution in [3.05, 3.63) is 53.3 Å². The number of hydrogen-bond acceptors (Lipinski definition) is 4. The van der Waals surface area contributed by atoms with Crippen LogP contribution in [-0.4, -0.2) is 28.7 Å². The lowest BCUT2D eigenvalue weighted by molar-refractivity contribution is -0.113. The number of halogens is 1. The summed E-state index contributed by atoms with van der Waals surface area (Å²) in [6.45, 7) is 2.02. The molecular formula is C18H18ClN3O2S. The Labute approximate surface area is 155 Å². The Kier molecular flexibility index (Phi) is 5.50. The fourth-order valence-corrected chi connectivity index (χ4v) is 3.32. The maximum absolute atomic E-state index is 12.2. The number of para-hydroxylation sites is 2. The molecule has 0 saturated carbocycles. The molecule has 5 nitrogen and oxygen atoms in total. The molecule has 2 aromatic carbocycles. The van der Waals surface area contributed by atoms with Gasteiger partial charge >= 0.3 is 0 Å². The summed E-state index contributed by atoms with van der Waals surface area (Å²) in [5, 5.41) is 3.45. The van der Waals surface area contributed by atoms with Crippen LogP contribution in [0.1, 0.15) is 18.0 Å². The van der Waals surface area contributed by atoms with Gasteiger partial charge in [0.15, 0.2) is 0 Å². The number of carbonyl (C=O) groups excluding carboxylic acids is 1. The van der Waals surface area contributed by atoms with Gasteiger partial charge in [0.25, 0.3) is 0 Å². The minimum atomic E-state index is -0.117. The van der Waals surface area contributed by atoms with E-state index in [0.717, 1.165) is 16.9 Å². The monoisotopic (exact) mass is 375 g/mol. The number of benzene rings is 2. The molecule has 1 heterocycles. The number of aromatic amines is 1. The molecule has 0 aliphatic heterocycles. The number of imidazole rings is 1. The highest BCUT2D eigenvalue weighted by Gasteiger charge is 2.14. The van der Waals surface area contributed by atoms with Gasteiger partial charge in [0.05, 0.1) is 34.8 Å². The van der Waals surface area contributed by atoms with Gasteiger partial charge in [-0.2, -0.15) is 0 Å². The van der Waals surface area contributed by atoms with E-state index in [2.05, 4.69) is 15.3 Å². The van der Waals surface area contributed by atoms with Crippen molar-refractivity contribution in [1.82, 2.24) is 9.97 Å². The highest BCUT2D eigenvalue weighted by atomic mass is 35.5. The van der Waals surface area contributed by atoms with E-state index in [4.69, 9.17) is 16.3 Å². The quantitative estimate of drug-likeness (QED) is 0.657. The summed E-state index contributed by atoms with van der Waals surface area (Å²) in [5.41, 5.74) is 2.49. The summed E-state index contributed by atoms with van der Waals surface area (Å²) in [5.74, 6) is 1.62. The smallest absolute Gasteiger partial charge is 0.234 e. The van der Waals surface area contributed by atoms with Crippen LogP contribution >= 0.6 is 23.4 Å². The number of methoxy groups -OCH3 is 1. The lowest BCUT2D eigenvalue weighted by Crippen LogP contribution is -2.15. The fourth-order valence-electron chi connectivity index (χ4n) is 2.41. The molecule has 0 fully saturated rings. The molecule has 25 heavy (non-hydrogen) atoms. The van der Waals surface area contributed by atoms with Gasteiger partial charge in [-0.1, -0.05) is 23.7 Å². The third kappa shape index (κ3) is 4.27. The molecular weight excluding hydrogens is 358 g/mol. The van der Waals surface area contributed by atoms with Crippen molar-refractivity contribution in [3.63, 3.8) is 0 Å². The lowest BCUT2D eigenvalue weighted by Gasteiger charge is -2.12. The standard InChI is InChI=1S/C18H18ClN3O2S/c1-11(18-21-13-5-3-4-6-14(13)22-18)25-10-17(23)20-15-9-12(19)7-8-16(15)24-2/h3-9,11H,10H2,1-2H3,(H,20,23)(H,21,22)/t11-/m0/s1. The number of fused-ring (bicyclic) bond motifs is 1. The molecule has 1 amide bonds. The number of hydrogen-bond donors (Lipinski definition) is 2. The number of ether oxygens (including phenoxy) is 1. The minimum absolute atomic E-state index is 0.0689. The number of thioether (sulfide) groups is 1. The first-order chi connectivity index (χ1) is 12.1. The second-order valence-electron chi connectivity index (χ2n) is 5.49. The molecule has 0 spiro atoms. The van der Waals surface area contributed by atoms with E-state index < -0.39 is 0 Å². The van der Waals surface area contributed by atoms with Gasteiger partial charge in [-0.15, -0.1) is 11.8 Å². The average molecular weight is 376 g/mol. The van der Waals surface area contributed by atoms with Gasteiger partial charge in [-0.25, -0.2) is 4.98 Å². The molecule has 2 N–H and O–H groups in total. The highest BCUT2D eigenvalue weighted by Crippen LogP contribution is 2.30. The highest BCUT2D eigenvalue weighted by molar-refractivity contribution is 8.00. The van der Waals surface area contributed by atoms with Crippen LogP contribution in [-0.2, 0) is 4.79 Å². The predicted molar refractivity (Wildman–Crippen MR) is 104 cm³/mol. The summed E-state index contributed by atoms with van der Waals surface area (Å²) in [6.07, 6.45) is 0. The zero-order valence-corrected chi connectivity index (χ0v) is 15.4. The average Bonchev–Trinajstić information content (AvgIpc) is 3.04. The van der Waals surface area contributed by atoms with E-state index >= 15 is 0 Å². The van der Waals surface area contributed by atoms with Crippen LogP contribution in [0.4, 0.5) is 5.69 Å². The molecule has 0 aliphatic rings. The molecule has 0 saturated heterocycles. The number of aromatic nitrogens is 2. The third-order valence-electron chi connectivity index (χ3n) is 3.69. The number of carbonyl (C=O) groups is 1. The number of rotatable bonds is 6. The maximum atomic E-state index is 12.2. The summed E-state index contributed by atoms with van der Waals surface area (Å²) in [4.78, 5) is 20.1. The largest absolute Gasteiger partial charge is 0.495 e. The number of nitrogens with one attached hydrogen (secondary N) is 2. The predicted octanol–water partition coefficient (Wildman–Crippen LogP) is 4.66. The van der Waals surface area contributed by atoms with Gasteiger partial charge in [0, 0.05) is 5.02 Å². The molecule has 1 aromatic heterocycles. The molecule has 0 aliphatic carbocycles. The third-order valence-corrected chi connectivity index (χ3v) is 5.08. The van der Waals surface area contributed by atoms with E-state index in [1.165, 1.54) is 11.8 Å². The van der Waals surface area contributed by atoms with Crippen LogP contribution in [0, 0.1) is 0 Å². The van der Waals surface area contributed by atoms with Crippen molar-refractivity contribution in [1.29, 1.82) is 0 Å². The fraction of sp³-hybridized carbons (Fsp3) is 0.222. The Balaban J connectivity index is 1.61. The van der Waals surface area contributed by atoms with Crippen LogP contribution in [0.5, 0.6) is 5.75 Å². The van der Waals surface area contributed by atoms with Crippen LogP contribution in [0.25, 0.3) is 11.0 Å². The molecule has 0 bridgehead atoms. The summed E-state index contributed by atoms with van der Waals surface area (Å²) < 4.78 is 5.23. The van der Waals surface area contributed by atoms with Gasteiger partial charge in [0.1, 0.15) is 11.6 Å². The van der Waals surface area contributed by atoms with Crippen molar-refractivity contribution >= 4 is 46.0 Å².